The van der Waals surface area contributed by atoms with E-state index in [0.29, 0.717) is 19.7 Å². The maximum atomic E-state index is 12.2. The fourth-order valence-electron chi connectivity index (χ4n) is 3.02. The van der Waals surface area contributed by atoms with Crippen molar-refractivity contribution in [3.8, 4) is 0 Å². The molecule has 1 saturated heterocycles. The first-order valence-electron chi connectivity index (χ1n) is 10.4. The molecule has 1 N–H and O–H groups in total. The third kappa shape index (κ3) is 7.31. The number of nitrogens with one attached hydrogen (secondary N) is 1. The lowest BCUT2D eigenvalue weighted by Crippen LogP contribution is -2.33. The van der Waals surface area contributed by atoms with Crippen LogP contribution in [0.1, 0.15) is 34.6 Å². The summed E-state index contributed by atoms with van der Waals surface area (Å²) in [4.78, 5) is 50.4. The first kappa shape index (κ1) is 25.8. The van der Waals surface area contributed by atoms with Crippen LogP contribution in [0.15, 0.2) is 23.4 Å². The molecule has 1 aromatic carbocycles. The van der Waals surface area contributed by atoms with Crippen LogP contribution in [0.2, 0.25) is 0 Å². The number of cyclic esters (lactones) is 1. The Hall–Kier alpha value is -3.41. The van der Waals surface area contributed by atoms with E-state index in [1.165, 1.54) is 32.1 Å². The Morgan fingerprint density at radius 2 is 1.91 bits per heavy atom. The van der Waals surface area contributed by atoms with E-state index in [9.17, 15) is 19.2 Å². The summed E-state index contributed by atoms with van der Waals surface area (Å²) in [7, 11) is 0. The zero-order valence-corrected chi connectivity index (χ0v) is 20.1. The van der Waals surface area contributed by atoms with Crippen molar-refractivity contribution in [3.63, 3.8) is 0 Å². The van der Waals surface area contributed by atoms with Crippen LogP contribution in [0, 0.1) is 0 Å². The summed E-state index contributed by atoms with van der Waals surface area (Å²) in [5, 5.41) is 6.84. The van der Waals surface area contributed by atoms with Gasteiger partial charge < -0.3 is 24.2 Å². The van der Waals surface area contributed by atoms with Crippen LogP contribution in [0.5, 0.6) is 0 Å². The molecule has 1 aliphatic heterocycles. The van der Waals surface area contributed by atoms with Crippen LogP contribution in [-0.4, -0.2) is 54.3 Å². The van der Waals surface area contributed by atoms with E-state index in [2.05, 4.69) is 26.7 Å². The van der Waals surface area contributed by atoms with Crippen LogP contribution >= 0.6 is 11.3 Å². The number of esters is 2. The molecule has 2 heterocycles. The van der Waals surface area contributed by atoms with Crippen LogP contribution in [0.25, 0.3) is 10.2 Å². The number of rotatable bonds is 6. The van der Waals surface area contributed by atoms with Gasteiger partial charge in [0.1, 0.15) is 12.7 Å². The lowest BCUT2D eigenvalue weighted by molar-refractivity contribution is -0.156. The average Bonchev–Trinajstić information content (AvgIpc) is 3.28. The Morgan fingerprint density at radius 3 is 2.45 bits per heavy atom. The molecule has 0 spiro atoms. The number of aryl methyl sites for hydroxylation is 1. The van der Waals surface area contributed by atoms with Gasteiger partial charge in [0, 0.05) is 33.0 Å². The first-order valence-corrected chi connectivity index (χ1v) is 11.2. The highest BCUT2D eigenvalue weighted by atomic mass is 32.1. The van der Waals surface area contributed by atoms with E-state index in [4.69, 9.17) is 9.57 Å². The van der Waals surface area contributed by atoms with E-state index < -0.39 is 18.0 Å². The predicted octanol–water partition coefficient (Wildman–Crippen LogP) is 2.13. The molecule has 3 rings (SSSR count). The molecule has 2 aromatic rings. The highest BCUT2D eigenvalue weighted by molar-refractivity contribution is 7.16. The number of carbonyl (C=O) groups is 4. The highest BCUT2D eigenvalue weighted by Crippen LogP contribution is 2.27. The van der Waals surface area contributed by atoms with E-state index in [0.717, 1.165) is 27.3 Å². The number of nitrogens with zero attached hydrogens (tertiary/aromatic N) is 3. The minimum atomic E-state index is -0.562. The fraction of sp³-hybridized carbons (Fsp3) is 0.476. The second-order valence-corrected chi connectivity index (χ2v) is 7.94. The lowest BCUT2D eigenvalue weighted by Gasteiger charge is -2.13. The van der Waals surface area contributed by atoms with Crippen LogP contribution in [-0.2, 0) is 35.2 Å². The average molecular weight is 481 g/mol. The molecular weight excluding hydrogens is 452 g/mol. The number of ether oxygens (including phenoxy) is 2. The molecular formula is C21H28N4O7S. The second-order valence-electron chi connectivity index (χ2n) is 6.93. The van der Waals surface area contributed by atoms with Crippen LogP contribution in [0.4, 0.5) is 10.5 Å². The summed E-state index contributed by atoms with van der Waals surface area (Å²) in [6, 6.07) is 5.83. The van der Waals surface area contributed by atoms with E-state index in [1.54, 1.807) is 4.90 Å². The Kier molecular flexibility index (Phi) is 9.40. The Bertz CT molecular complexity index is 1080. The van der Waals surface area contributed by atoms with Crippen molar-refractivity contribution in [3.05, 3.63) is 23.0 Å². The van der Waals surface area contributed by atoms with Crippen molar-refractivity contribution in [1.29, 1.82) is 0 Å². The minimum absolute atomic E-state index is 0.144. The number of benzene rings is 1. The van der Waals surface area contributed by atoms with Gasteiger partial charge in [-0.25, -0.2) is 4.79 Å². The molecule has 0 aliphatic carbocycles. The lowest BCUT2D eigenvalue weighted by atomic mass is 10.2. The largest absolute Gasteiger partial charge is 0.442 e. The summed E-state index contributed by atoms with van der Waals surface area (Å²) in [6.45, 7) is 9.74. The topological polar surface area (TPSA) is 129 Å². The minimum Gasteiger partial charge on any atom is -0.442 e. The van der Waals surface area contributed by atoms with Gasteiger partial charge in [-0.15, -0.1) is 0 Å². The third-order valence-corrected chi connectivity index (χ3v) is 5.33. The normalized spacial score (nSPS) is 15.5. The highest BCUT2D eigenvalue weighted by Gasteiger charge is 2.32. The van der Waals surface area contributed by atoms with E-state index in [-0.39, 0.29) is 12.0 Å². The predicted molar refractivity (Wildman–Crippen MR) is 121 cm³/mol. The molecule has 1 fully saturated rings. The quantitative estimate of drug-likeness (QED) is 0.381. The Labute approximate surface area is 194 Å². The third-order valence-electron chi connectivity index (χ3n) is 4.31. The number of aromatic nitrogens is 1. The molecule has 0 radical (unpaired) electrons. The second kappa shape index (κ2) is 12.0. The van der Waals surface area contributed by atoms with Gasteiger partial charge in [0.25, 0.3) is 0 Å². The molecule has 12 heteroatoms. The maximum absolute atomic E-state index is 12.2. The van der Waals surface area contributed by atoms with E-state index >= 15 is 0 Å². The van der Waals surface area contributed by atoms with Gasteiger partial charge in [0.05, 0.1) is 23.3 Å². The van der Waals surface area contributed by atoms with Crippen LogP contribution in [0.3, 0.4) is 0 Å². The zero-order chi connectivity index (χ0) is 24.5. The van der Waals surface area contributed by atoms with Crippen molar-refractivity contribution in [2.75, 3.05) is 24.6 Å². The van der Waals surface area contributed by atoms with Crippen LogP contribution < -0.4 is 15.0 Å². The van der Waals surface area contributed by atoms with Gasteiger partial charge >= 0.3 is 18.0 Å². The number of anilines is 1. The first-order chi connectivity index (χ1) is 15.7. The molecule has 33 heavy (non-hydrogen) atoms. The number of hydrogen-bond donors (Lipinski definition) is 1. The van der Waals surface area contributed by atoms with E-state index in [1.807, 2.05) is 25.1 Å². The summed E-state index contributed by atoms with van der Waals surface area (Å²) in [6.07, 6.45) is -0.756. The number of fused-ring (bicyclic) bond motifs is 1. The molecule has 1 aromatic heterocycles. The van der Waals surface area contributed by atoms with Crippen molar-refractivity contribution in [1.82, 2.24) is 9.88 Å². The van der Waals surface area contributed by atoms with Gasteiger partial charge in [-0.1, -0.05) is 16.5 Å². The molecule has 0 unspecified atom stereocenters. The van der Waals surface area contributed by atoms with Crippen molar-refractivity contribution < 1.29 is 33.5 Å². The summed E-state index contributed by atoms with van der Waals surface area (Å²) in [5.74, 6) is -1.27. The molecule has 0 bridgehead atoms. The molecule has 180 valence electrons. The fourth-order valence-corrected chi connectivity index (χ4v) is 4.11. The van der Waals surface area contributed by atoms with Gasteiger partial charge in [0.15, 0.2) is 0 Å². The van der Waals surface area contributed by atoms with Gasteiger partial charge in [0.2, 0.25) is 10.7 Å². The molecule has 0 saturated carbocycles. The van der Waals surface area contributed by atoms with Gasteiger partial charge in [-0.05, 0) is 32.0 Å². The van der Waals surface area contributed by atoms with Crippen molar-refractivity contribution in [2.45, 2.75) is 47.3 Å². The van der Waals surface area contributed by atoms with Crippen molar-refractivity contribution >= 4 is 51.2 Å². The zero-order valence-electron chi connectivity index (χ0n) is 19.2. The molecule has 1 aliphatic rings. The maximum Gasteiger partial charge on any atom is 0.414 e. The molecule has 2 amide bonds. The monoisotopic (exact) mass is 480 g/mol. The number of hydrogen-bond acceptors (Lipinski definition) is 9. The number of carbonyl (C=O) groups excluding carboxylic acids is 4. The van der Waals surface area contributed by atoms with Crippen molar-refractivity contribution in [2.24, 2.45) is 5.16 Å². The Morgan fingerprint density at radius 1 is 1.21 bits per heavy atom. The van der Waals surface area contributed by atoms with Gasteiger partial charge in [-0.3, -0.25) is 19.3 Å². The number of thiazole rings is 1. The smallest absolute Gasteiger partial charge is 0.414 e. The molecule has 1 atom stereocenters. The number of amides is 2. The summed E-state index contributed by atoms with van der Waals surface area (Å²) >= 11 is 1.51. The SMILES string of the molecule is CC(=O)OC(C)=O.CCON=c1sc2cc(N3C[C@H](CNC(C)=O)OC3=O)ccc2n1CC. The molecule has 11 nitrogen and oxygen atoms in total. The summed E-state index contributed by atoms with van der Waals surface area (Å²) < 4.78 is 12.4. The summed E-state index contributed by atoms with van der Waals surface area (Å²) in [5.41, 5.74) is 1.81. The van der Waals surface area contributed by atoms with Gasteiger partial charge in [-0.2, -0.15) is 0 Å². The standard InChI is InChI=1S/C17H22N4O4S.C4H6O3/c1-4-20-14-7-6-12(8-15(14)26-16(20)19-24-5-2)21-10-13(25-17(21)23)9-18-11(3)22;1-3(5)7-4(2)6/h6-8,13H,4-5,9-10H2,1-3H3,(H,18,22);1-2H3/t13-;/m0./s1. The Balaban J connectivity index is 0.000000479.